The van der Waals surface area contributed by atoms with E-state index in [1.165, 1.54) is 0 Å². The van der Waals surface area contributed by atoms with Gasteiger partial charge in [0.2, 0.25) is 0 Å². The highest BCUT2D eigenvalue weighted by atomic mass is 35.5. The van der Waals surface area contributed by atoms with Crippen molar-refractivity contribution in [1.29, 1.82) is 0 Å². The number of halogens is 1. The monoisotopic (exact) mass is 188 g/mol. The number of hydrogen-bond donors (Lipinski definition) is 0. The van der Waals surface area contributed by atoms with Crippen molar-refractivity contribution in [3.05, 3.63) is 0 Å². The van der Waals surface area contributed by atoms with E-state index in [2.05, 4.69) is 40.0 Å². The van der Waals surface area contributed by atoms with E-state index >= 15 is 0 Å². The van der Waals surface area contributed by atoms with Gasteiger partial charge >= 0.3 is 0 Å². The predicted octanol–water partition coefficient (Wildman–Crippen LogP) is -0.548. The summed E-state index contributed by atoms with van der Waals surface area (Å²) in [6.07, 6.45) is 0. The minimum atomic E-state index is 0. The molecule has 0 fully saturated rings. The van der Waals surface area contributed by atoms with Gasteiger partial charge < -0.3 is 12.4 Å². The third kappa shape index (κ3) is 354. The fraction of sp³-hybridized carbons (Fsp3) is 1.00. The van der Waals surface area contributed by atoms with Crippen molar-refractivity contribution in [3.8, 4) is 0 Å². The Hall–Kier alpha value is 1.15. The molecule has 0 saturated heterocycles. The van der Waals surface area contributed by atoms with Gasteiger partial charge in [0.25, 0.3) is 0 Å². The second kappa shape index (κ2) is 11.9. The summed E-state index contributed by atoms with van der Waals surface area (Å²) in [6.45, 7) is 13.5. The summed E-state index contributed by atoms with van der Waals surface area (Å²) in [5, 5.41) is 0. The Balaban J connectivity index is -0.0000000720. The molecule has 3 heteroatoms. The minimum absolute atomic E-state index is 0. The van der Waals surface area contributed by atoms with E-state index in [0.717, 1.165) is 0 Å². The first-order valence-corrected chi connectivity index (χ1v) is 8.52. The van der Waals surface area contributed by atoms with Crippen LogP contribution < -0.4 is 12.4 Å². The summed E-state index contributed by atoms with van der Waals surface area (Å²) in [5.41, 5.74) is 0. The summed E-state index contributed by atoms with van der Waals surface area (Å²) in [4.78, 5) is 0. The highest BCUT2D eigenvalue weighted by molar-refractivity contribution is 7.55. The predicted molar refractivity (Wildman–Crippen MR) is 50.8 cm³/mol. The van der Waals surface area contributed by atoms with Gasteiger partial charge in [-0.3, -0.25) is 0 Å². The summed E-state index contributed by atoms with van der Waals surface area (Å²) in [6, 6.07) is 0. The zero-order chi connectivity index (χ0) is 7.15. The van der Waals surface area contributed by atoms with Gasteiger partial charge in [-0.2, -0.15) is 0 Å². The number of hydrogen-bond acceptors (Lipinski definition) is 0. The van der Waals surface area contributed by atoms with Crippen LogP contribution in [0, 0.1) is 0 Å². The third-order valence-electron chi connectivity index (χ3n) is 0. The zero-order valence-electron chi connectivity index (χ0n) is 7.33. The van der Waals surface area contributed by atoms with Gasteiger partial charge in [0, 0.05) is 20.0 Å². The Bertz CT molecular complexity index is 26.5. The maximum atomic E-state index is 2.27. The van der Waals surface area contributed by atoms with E-state index in [1.54, 1.807) is 0 Å². The Kier molecular flexibility index (Phi) is 22.0. The van der Waals surface area contributed by atoms with Crippen LogP contribution >= 0.6 is 15.8 Å². The summed E-state index contributed by atoms with van der Waals surface area (Å²) >= 11 is 0. The minimum Gasteiger partial charge on any atom is -1.00 e. The van der Waals surface area contributed by atoms with E-state index < -0.39 is 0 Å². The molecule has 60 valence electrons. The lowest BCUT2D eigenvalue weighted by Gasteiger charge is -1.81. The van der Waals surface area contributed by atoms with Crippen molar-refractivity contribution in [3.63, 3.8) is 0 Å². The van der Waals surface area contributed by atoms with E-state index in [-0.39, 0.29) is 20.3 Å². The lowest BCUT2D eigenvalue weighted by atomic mass is 11.9. The first-order valence-electron chi connectivity index (χ1n) is 2.84. The lowest BCUT2D eigenvalue weighted by molar-refractivity contribution is -0.00000218. The van der Waals surface area contributed by atoms with Crippen LogP contribution in [0.4, 0.5) is 0 Å². The maximum Gasteiger partial charge on any atom is 0.0461 e. The standard InChI is InChI=1S/2C3H9P.ClH/c2*1-4(2)3;/h2*1-3H3;1H. The Morgan fingerprint density at radius 3 is 0.889 bits per heavy atom. The van der Waals surface area contributed by atoms with Crippen LogP contribution in [0.15, 0.2) is 0 Å². The summed E-state index contributed by atoms with van der Waals surface area (Å²) in [7, 11) is 0.500. The second-order valence-electron chi connectivity index (χ2n) is 2.84. The fourth-order valence-corrected chi connectivity index (χ4v) is 0. The Labute approximate surface area is 68.7 Å². The maximum absolute atomic E-state index is 2.27. The van der Waals surface area contributed by atoms with Crippen molar-refractivity contribution < 1.29 is 12.4 Å². The average molecular weight is 189 g/mol. The molecule has 0 nitrogen and oxygen atoms in total. The molecule has 0 heterocycles. The molecule has 0 amide bonds. The molecular formula is C6H19ClP2. The van der Waals surface area contributed by atoms with Gasteiger partial charge in [0.1, 0.15) is 0 Å². The Morgan fingerprint density at radius 2 is 0.889 bits per heavy atom. The van der Waals surface area contributed by atoms with Crippen LogP contribution in [-0.4, -0.2) is 40.0 Å². The molecule has 0 aliphatic carbocycles. The smallest absolute Gasteiger partial charge is 0.0461 e. The first kappa shape index (κ1) is 16.6. The van der Waals surface area contributed by atoms with Crippen LogP contribution in [0.3, 0.4) is 0 Å². The van der Waals surface area contributed by atoms with Crippen LogP contribution in [0.2, 0.25) is 0 Å². The van der Waals surface area contributed by atoms with Gasteiger partial charge in [0.15, 0.2) is 0 Å². The quantitative estimate of drug-likeness (QED) is 0.448. The largest absolute Gasteiger partial charge is 1.00 e. The third-order valence-corrected chi connectivity index (χ3v) is 0. The van der Waals surface area contributed by atoms with Gasteiger partial charge in [-0.25, -0.2) is 0 Å². The zero-order valence-corrected chi connectivity index (χ0v) is 9.98. The SMILES string of the molecule is CP(C)C.C[PH+](C)C.[Cl-]. The molecule has 0 atom stereocenters. The molecule has 0 aromatic carbocycles. The molecule has 0 bridgehead atoms. The molecule has 0 unspecified atom stereocenters. The molecule has 0 N–H and O–H groups in total. The van der Waals surface area contributed by atoms with Crippen molar-refractivity contribution in [1.82, 2.24) is 0 Å². The Morgan fingerprint density at radius 1 is 0.889 bits per heavy atom. The van der Waals surface area contributed by atoms with E-state index in [1.807, 2.05) is 0 Å². The first-order chi connectivity index (χ1) is 3.46. The highest BCUT2D eigenvalue weighted by Crippen LogP contribution is 2.14. The van der Waals surface area contributed by atoms with Crippen LogP contribution in [0.1, 0.15) is 0 Å². The van der Waals surface area contributed by atoms with Crippen LogP contribution in [-0.2, 0) is 0 Å². The molecule has 0 saturated carbocycles. The fourth-order valence-electron chi connectivity index (χ4n) is 0. The molecule has 0 aliphatic heterocycles. The van der Waals surface area contributed by atoms with Gasteiger partial charge in [-0.05, 0) is 27.9 Å². The average Bonchev–Trinajstić information content (AvgIpc) is 1.25. The van der Waals surface area contributed by atoms with Gasteiger partial charge in [-0.15, -0.1) is 7.92 Å². The molecular weight excluding hydrogens is 169 g/mol. The molecule has 0 aromatic rings. The van der Waals surface area contributed by atoms with E-state index in [4.69, 9.17) is 0 Å². The topological polar surface area (TPSA) is 0 Å². The second-order valence-corrected chi connectivity index (χ2v) is 8.52. The van der Waals surface area contributed by atoms with Crippen molar-refractivity contribution >= 4 is 15.8 Å². The summed E-state index contributed by atoms with van der Waals surface area (Å²) < 4.78 is 0. The molecule has 0 aliphatic rings. The van der Waals surface area contributed by atoms with Gasteiger partial charge in [0.05, 0.1) is 0 Å². The molecule has 0 radical (unpaired) electrons. The van der Waals surface area contributed by atoms with Crippen molar-refractivity contribution in [2.45, 2.75) is 0 Å². The van der Waals surface area contributed by atoms with Gasteiger partial charge in [-0.1, -0.05) is 0 Å². The molecule has 0 aromatic heterocycles. The van der Waals surface area contributed by atoms with E-state index in [0.29, 0.717) is 7.92 Å². The van der Waals surface area contributed by atoms with Crippen LogP contribution in [0.25, 0.3) is 0 Å². The molecule has 0 rings (SSSR count). The summed E-state index contributed by atoms with van der Waals surface area (Å²) in [5.74, 6) is 0. The lowest BCUT2D eigenvalue weighted by Crippen LogP contribution is -3.00. The van der Waals surface area contributed by atoms with Crippen molar-refractivity contribution in [2.75, 3.05) is 40.0 Å². The number of rotatable bonds is 0. The van der Waals surface area contributed by atoms with Crippen molar-refractivity contribution in [2.24, 2.45) is 0 Å². The molecule has 0 spiro atoms. The van der Waals surface area contributed by atoms with E-state index in [9.17, 15) is 0 Å². The normalized spacial score (nSPS) is 8.00. The van der Waals surface area contributed by atoms with Crippen LogP contribution in [0.5, 0.6) is 0 Å². The molecule has 9 heavy (non-hydrogen) atoms. The highest BCUT2D eigenvalue weighted by Gasteiger charge is 1.75.